The Bertz CT molecular complexity index is 797. The van der Waals surface area contributed by atoms with Crippen LogP contribution in [0.15, 0.2) is 53.0 Å². The molecule has 0 N–H and O–H groups in total. The Morgan fingerprint density at radius 3 is 2.75 bits per heavy atom. The molecule has 0 radical (unpaired) electrons. The zero-order valence-corrected chi connectivity index (χ0v) is 12.0. The molecule has 98 valence electrons. The fourth-order valence-corrected chi connectivity index (χ4v) is 2.86. The van der Waals surface area contributed by atoms with Gasteiger partial charge in [0.2, 0.25) is 0 Å². The Balaban J connectivity index is 1.99. The van der Waals surface area contributed by atoms with E-state index in [2.05, 4.69) is 26.2 Å². The molecule has 2 aromatic carbocycles. The van der Waals surface area contributed by atoms with E-state index in [-0.39, 0.29) is 0 Å². The van der Waals surface area contributed by atoms with Crippen molar-refractivity contribution in [3.8, 4) is 22.7 Å². The maximum Gasteiger partial charge on any atom is 0.134 e. The fraction of sp³-hybridized carbons (Fsp3) is 0.0667. The summed E-state index contributed by atoms with van der Waals surface area (Å²) in [4.78, 5) is 0. The van der Waals surface area contributed by atoms with E-state index < -0.39 is 0 Å². The van der Waals surface area contributed by atoms with Crippen molar-refractivity contribution in [2.45, 2.75) is 6.61 Å². The van der Waals surface area contributed by atoms with E-state index in [0.717, 1.165) is 32.9 Å². The Hall–Kier alpha value is -2.14. The molecule has 0 bridgehead atoms. The van der Waals surface area contributed by atoms with Crippen LogP contribution in [0.1, 0.15) is 5.69 Å². The van der Waals surface area contributed by atoms with Gasteiger partial charge >= 0.3 is 0 Å². The number of rotatable bonds is 1. The number of fused-ring (bicyclic) bond motifs is 3. The quantitative estimate of drug-likeness (QED) is 0.685. The normalized spacial score (nSPS) is 12.4. The molecule has 0 atom stereocenters. The molecule has 0 unspecified atom stereocenters. The highest BCUT2D eigenvalue weighted by molar-refractivity contribution is 9.10. The molecular formula is C15H10BrN3O. The second-order valence-corrected chi connectivity index (χ2v) is 5.39. The molecule has 0 fully saturated rings. The molecular weight excluding hydrogens is 318 g/mol. The van der Waals surface area contributed by atoms with E-state index in [9.17, 15) is 0 Å². The number of nitrogens with zero attached hydrogens (tertiary/aromatic N) is 3. The smallest absolute Gasteiger partial charge is 0.134 e. The summed E-state index contributed by atoms with van der Waals surface area (Å²) in [6.07, 6.45) is 0. The van der Waals surface area contributed by atoms with Crippen molar-refractivity contribution in [1.29, 1.82) is 0 Å². The maximum absolute atomic E-state index is 5.70. The molecule has 2 heterocycles. The highest BCUT2D eigenvalue weighted by Crippen LogP contribution is 2.38. The summed E-state index contributed by atoms with van der Waals surface area (Å²) in [6.45, 7) is 0.455. The van der Waals surface area contributed by atoms with E-state index in [4.69, 9.17) is 4.74 Å². The van der Waals surface area contributed by atoms with Crippen LogP contribution in [0.5, 0.6) is 5.75 Å². The van der Waals surface area contributed by atoms with Crippen LogP contribution in [0.3, 0.4) is 0 Å². The van der Waals surface area contributed by atoms with Crippen LogP contribution in [-0.2, 0) is 6.61 Å². The number of para-hydroxylation sites is 2. The molecule has 0 spiro atoms. The second-order valence-electron chi connectivity index (χ2n) is 4.53. The minimum Gasteiger partial charge on any atom is -0.486 e. The number of hydrogen-bond acceptors (Lipinski definition) is 3. The molecule has 3 aromatic rings. The Labute approximate surface area is 124 Å². The number of hydrogen-bond donors (Lipinski definition) is 0. The number of ether oxygens (including phenoxy) is 1. The zero-order chi connectivity index (χ0) is 13.5. The SMILES string of the molecule is Brc1ccccc1-n1nnc2c1-c1ccccc1OC2. The third-order valence-corrected chi connectivity index (χ3v) is 4.00. The van der Waals surface area contributed by atoms with Crippen molar-refractivity contribution in [2.24, 2.45) is 0 Å². The van der Waals surface area contributed by atoms with Gasteiger partial charge in [0.15, 0.2) is 0 Å². The molecule has 1 aromatic heterocycles. The van der Waals surface area contributed by atoms with Crippen molar-refractivity contribution in [1.82, 2.24) is 15.0 Å². The van der Waals surface area contributed by atoms with Gasteiger partial charge in [0.1, 0.15) is 23.7 Å². The minimum atomic E-state index is 0.455. The van der Waals surface area contributed by atoms with Gasteiger partial charge in [-0.3, -0.25) is 0 Å². The van der Waals surface area contributed by atoms with Gasteiger partial charge in [0, 0.05) is 10.0 Å². The summed E-state index contributed by atoms with van der Waals surface area (Å²) in [5.41, 5.74) is 3.85. The van der Waals surface area contributed by atoms with Crippen LogP contribution in [0.2, 0.25) is 0 Å². The topological polar surface area (TPSA) is 39.9 Å². The molecule has 0 aliphatic carbocycles. The summed E-state index contributed by atoms with van der Waals surface area (Å²) in [7, 11) is 0. The van der Waals surface area contributed by atoms with Gasteiger partial charge in [-0.25, -0.2) is 4.68 Å². The van der Waals surface area contributed by atoms with Crippen molar-refractivity contribution >= 4 is 15.9 Å². The average Bonchev–Trinajstić information content (AvgIpc) is 2.92. The molecule has 0 saturated carbocycles. The molecule has 5 heteroatoms. The van der Waals surface area contributed by atoms with Gasteiger partial charge in [-0.15, -0.1) is 5.10 Å². The Morgan fingerprint density at radius 1 is 1.05 bits per heavy atom. The molecule has 1 aliphatic heterocycles. The van der Waals surface area contributed by atoms with E-state index in [1.807, 2.05) is 53.2 Å². The monoisotopic (exact) mass is 327 g/mol. The first-order chi connectivity index (χ1) is 9.84. The summed E-state index contributed by atoms with van der Waals surface area (Å²) in [5.74, 6) is 0.871. The van der Waals surface area contributed by atoms with Crippen LogP contribution in [-0.4, -0.2) is 15.0 Å². The third kappa shape index (κ3) is 1.67. The first kappa shape index (κ1) is 11.7. The minimum absolute atomic E-state index is 0.455. The lowest BCUT2D eigenvalue weighted by molar-refractivity contribution is 0.297. The first-order valence-corrected chi connectivity index (χ1v) is 7.05. The van der Waals surface area contributed by atoms with Gasteiger partial charge < -0.3 is 4.74 Å². The van der Waals surface area contributed by atoms with E-state index >= 15 is 0 Å². The van der Waals surface area contributed by atoms with Crippen LogP contribution < -0.4 is 4.74 Å². The molecule has 1 aliphatic rings. The second kappa shape index (κ2) is 4.45. The Kier molecular flexibility index (Phi) is 2.60. The molecule has 20 heavy (non-hydrogen) atoms. The number of benzene rings is 2. The van der Waals surface area contributed by atoms with E-state index in [1.54, 1.807) is 0 Å². The predicted molar refractivity (Wildman–Crippen MR) is 78.8 cm³/mol. The Morgan fingerprint density at radius 2 is 1.85 bits per heavy atom. The van der Waals surface area contributed by atoms with E-state index in [1.165, 1.54) is 0 Å². The zero-order valence-electron chi connectivity index (χ0n) is 10.5. The van der Waals surface area contributed by atoms with Crippen LogP contribution in [0.4, 0.5) is 0 Å². The largest absolute Gasteiger partial charge is 0.486 e. The predicted octanol–water partition coefficient (Wildman–Crippen LogP) is 3.59. The molecule has 0 saturated heterocycles. The highest BCUT2D eigenvalue weighted by atomic mass is 79.9. The van der Waals surface area contributed by atoms with Crippen molar-refractivity contribution in [3.63, 3.8) is 0 Å². The molecule has 0 amide bonds. The van der Waals surface area contributed by atoms with Crippen LogP contribution in [0, 0.1) is 0 Å². The summed E-state index contributed by atoms with van der Waals surface area (Å²) in [6, 6.07) is 15.9. The fourth-order valence-electron chi connectivity index (χ4n) is 2.41. The van der Waals surface area contributed by atoms with Crippen molar-refractivity contribution < 1.29 is 4.74 Å². The van der Waals surface area contributed by atoms with Crippen molar-refractivity contribution in [3.05, 3.63) is 58.7 Å². The third-order valence-electron chi connectivity index (χ3n) is 3.33. The van der Waals surface area contributed by atoms with Gasteiger partial charge in [-0.2, -0.15) is 0 Å². The van der Waals surface area contributed by atoms with Crippen LogP contribution in [0.25, 0.3) is 16.9 Å². The van der Waals surface area contributed by atoms with Gasteiger partial charge in [-0.05, 0) is 40.2 Å². The lowest BCUT2D eigenvalue weighted by atomic mass is 10.1. The summed E-state index contributed by atoms with van der Waals surface area (Å²) < 4.78 is 8.55. The lowest BCUT2D eigenvalue weighted by Crippen LogP contribution is -2.08. The summed E-state index contributed by atoms with van der Waals surface area (Å²) in [5, 5.41) is 8.52. The first-order valence-electron chi connectivity index (χ1n) is 6.26. The summed E-state index contributed by atoms with van der Waals surface area (Å²) >= 11 is 3.57. The standard InChI is InChI=1S/C15H10BrN3O/c16-11-6-2-3-7-13(11)19-15-10-5-1-4-8-14(10)20-9-12(15)17-18-19/h1-8H,9H2. The van der Waals surface area contributed by atoms with E-state index in [0.29, 0.717) is 6.61 Å². The highest BCUT2D eigenvalue weighted by Gasteiger charge is 2.24. The average molecular weight is 328 g/mol. The van der Waals surface area contributed by atoms with Gasteiger partial charge in [0.25, 0.3) is 0 Å². The van der Waals surface area contributed by atoms with Crippen LogP contribution >= 0.6 is 15.9 Å². The molecule has 4 nitrogen and oxygen atoms in total. The van der Waals surface area contributed by atoms with Crippen molar-refractivity contribution in [2.75, 3.05) is 0 Å². The number of aromatic nitrogens is 3. The van der Waals surface area contributed by atoms with Gasteiger partial charge in [0.05, 0.1) is 5.69 Å². The molecule has 4 rings (SSSR count). The van der Waals surface area contributed by atoms with Gasteiger partial charge in [-0.1, -0.05) is 29.5 Å². The number of halogens is 1. The maximum atomic E-state index is 5.70. The lowest BCUT2D eigenvalue weighted by Gasteiger charge is -2.18.